The van der Waals surface area contributed by atoms with E-state index < -0.39 is 6.04 Å². The predicted octanol–water partition coefficient (Wildman–Crippen LogP) is 2.04. The average Bonchev–Trinajstić information content (AvgIpc) is 3.10. The maximum atomic E-state index is 13.1. The van der Waals surface area contributed by atoms with Gasteiger partial charge in [0.15, 0.2) is 0 Å². The molecule has 2 heterocycles. The molecule has 146 valence electrons. The van der Waals surface area contributed by atoms with Crippen molar-refractivity contribution in [1.29, 1.82) is 0 Å². The van der Waals surface area contributed by atoms with Crippen molar-refractivity contribution >= 4 is 22.8 Å². The molecule has 7 nitrogen and oxygen atoms in total. The summed E-state index contributed by atoms with van der Waals surface area (Å²) < 4.78 is 5.34. The monoisotopic (exact) mass is 372 g/mol. The molecule has 0 bridgehead atoms. The summed E-state index contributed by atoms with van der Waals surface area (Å²) in [7, 11) is 0. The van der Waals surface area contributed by atoms with Crippen LogP contribution in [0, 0.1) is 0 Å². The number of rotatable bonds is 6. The fourth-order valence-electron chi connectivity index (χ4n) is 3.25. The lowest BCUT2D eigenvalue weighted by Crippen LogP contribution is -2.55. The zero-order valence-corrected chi connectivity index (χ0v) is 16.0. The molecule has 0 radical (unpaired) electrons. The molecule has 0 aliphatic carbocycles. The number of fused-ring (bicyclic) bond motifs is 1. The van der Waals surface area contributed by atoms with Crippen LogP contribution in [0.15, 0.2) is 30.5 Å². The minimum absolute atomic E-state index is 0.0530. The van der Waals surface area contributed by atoms with Gasteiger partial charge in [-0.1, -0.05) is 25.1 Å². The Morgan fingerprint density at radius 2 is 1.96 bits per heavy atom. The molecule has 27 heavy (non-hydrogen) atoms. The number of amides is 3. The second-order valence-electron chi connectivity index (χ2n) is 6.98. The van der Waals surface area contributed by atoms with Crippen molar-refractivity contribution in [3.05, 3.63) is 36.0 Å². The largest absolute Gasteiger partial charge is 0.378 e. The zero-order valence-electron chi connectivity index (χ0n) is 16.0. The van der Waals surface area contributed by atoms with Gasteiger partial charge in [0.05, 0.1) is 13.2 Å². The SMILES string of the molecule is CCC(C)NC(=O)NC(Cc1c[nH]c2ccccc12)C(=O)N1CCOCC1. The number of nitrogens with one attached hydrogen (secondary N) is 3. The summed E-state index contributed by atoms with van der Waals surface area (Å²) in [6, 6.07) is 7.09. The van der Waals surface area contributed by atoms with Crippen LogP contribution in [-0.2, 0) is 16.0 Å². The standard InChI is InChI=1S/C20H28N4O3/c1-3-14(2)22-20(26)23-18(19(25)24-8-10-27-11-9-24)12-15-13-21-17-7-5-4-6-16(15)17/h4-7,13-14,18,21H,3,8-12H2,1-2H3,(H2,22,23,26). The van der Waals surface area contributed by atoms with Crippen LogP contribution in [0.5, 0.6) is 0 Å². The minimum Gasteiger partial charge on any atom is -0.378 e. The Morgan fingerprint density at radius 1 is 1.22 bits per heavy atom. The van der Waals surface area contributed by atoms with Gasteiger partial charge < -0.3 is 25.3 Å². The molecule has 0 spiro atoms. The van der Waals surface area contributed by atoms with E-state index in [2.05, 4.69) is 15.6 Å². The maximum absolute atomic E-state index is 13.1. The molecule has 1 fully saturated rings. The Morgan fingerprint density at radius 3 is 2.70 bits per heavy atom. The van der Waals surface area contributed by atoms with Crippen LogP contribution in [0.2, 0.25) is 0 Å². The van der Waals surface area contributed by atoms with Gasteiger partial charge in [0.1, 0.15) is 6.04 Å². The molecule has 2 aromatic rings. The van der Waals surface area contributed by atoms with Gasteiger partial charge in [-0.2, -0.15) is 0 Å². The Labute approximate surface area is 159 Å². The summed E-state index contributed by atoms with van der Waals surface area (Å²) in [6.45, 7) is 6.12. The Kier molecular flexibility index (Phi) is 6.34. The normalized spacial score (nSPS) is 16.7. The highest BCUT2D eigenvalue weighted by atomic mass is 16.5. The summed E-state index contributed by atoms with van der Waals surface area (Å²) in [5.74, 6) is -0.0668. The van der Waals surface area contributed by atoms with E-state index in [-0.39, 0.29) is 18.0 Å². The average molecular weight is 372 g/mol. The number of morpholine rings is 1. The van der Waals surface area contributed by atoms with E-state index in [4.69, 9.17) is 4.74 Å². The molecule has 1 saturated heterocycles. The van der Waals surface area contributed by atoms with Crippen molar-refractivity contribution in [2.24, 2.45) is 0 Å². The third-order valence-corrected chi connectivity index (χ3v) is 5.02. The predicted molar refractivity (Wildman–Crippen MR) is 105 cm³/mol. The van der Waals surface area contributed by atoms with Crippen LogP contribution in [0.25, 0.3) is 10.9 Å². The molecule has 3 rings (SSSR count). The van der Waals surface area contributed by atoms with E-state index >= 15 is 0 Å². The van der Waals surface area contributed by atoms with Crippen LogP contribution in [0.4, 0.5) is 4.79 Å². The molecule has 7 heteroatoms. The highest BCUT2D eigenvalue weighted by molar-refractivity contribution is 5.89. The van der Waals surface area contributed by atoms with Crippen molar-refractivity contribution in [2.75, 3.05) is 26.3 Å². The third-order valence-electron chi connectivity index (χ3n) is 5.02. The van der Waals surface area contributed by atoms with E-state index in [0.717, 1.165) is 22.9 Å². The van der Waals surface area contributed by atoms with E-state index in [1.54, 1.807) is 4.90 Å². The fraction of sp³-hybridized carbons (Fsp3) is 0.500. The van der Waals surface area contributed by atoms with Gasteiger partial charge in [0.2, 0.25) is 5.91 Å². The first-order chi connectivity index (χ1) is 13.1. The summed E-state index contributed by atoms with van der Waals surface area (Å²) in [4.78, 5) is 30.4. The number of carbonyl (C=O) groups excluding carboxylic acids is 2. The molecule has 1 aromatic carbocycles. The number of para-hydroxylation sites is 1. The molecule has 1 aliphatic rings. The lowest BCUT2D eigenvalue weighted by Gasteiger charge is -2.31. The Balaban J connectivity index is 1.77. The van der Waals surface area contributed by atoms with Gasteiger partial charge in [0.25, 0.3) is 0 Å². The van der Waals surface area contributed by atoms with Crippen molar-refractivity contribution in [1.82, 2.24) is 20.5 Å². The summed E-state index contributed by atoms with van der Waals surface area (Å²) in [5, 5.41) is 6.84. The van der Waals surface area contributed by atoms with Crippen molar-refractivity contribution in [2.45, 2.75) is 38.8 Å². The first kappa shape index (κ1) is 19.2. The minimum atomic E-state index is -0.619. The molecular weight excluding hydrogens is 344 g/mol. The highest BCUT2D eigenvalue weighted by Crippen LogP contribution is 2.20. The number of hydrogen-bond acceptors (Lipinski definition) is 3. The highest BCUT2D eigenvalue weighted by Gasteiger charge is 2.28. The topological polar surface area (TPSA) is 86.5 Å². The quantitative estimate of drug-likeness (QED) is 0.725. The molecule has 1 aliphatic heterocycles. The van der Waals surface area contributed by atoms with Crippen LogP contribution < -0.4 is 10.6 Å². The number of benzene rings is 1. The number of ether oxygens (including phenoxy) is 1. The second kappa shape index (κ2) is 8.90. The van der Waals surface area contributed by atoms with Crippen LogP contribution in [0.1, 0.15) is 25.8 Å². The van der Waals surface area contributed by atoms with Crippen LogP contribution in [-0.4, -0.2) is 60.2 Å². The second-order valence-corrected chi connectivity index (χ2v) is 6.98. The number of urea groups is 1. The smallest absolute Gasteiger partial charge is 0.315 e. The fourth-order valence-corrected chi connectivity index (χ4v) is 3.25. The summed E-state index contributed by atoms with van der Waals surface area (Å²) >= 11 is 0. The number of aromatic amines is 1. The van der Waals surface area contributed by atoms with Crippen molar-refractivity contribution in [3.63, 3.8) is 0 Å². The molecule has 0 saturated carbocycles. The van der Waals surface area contributed by atoms with Gasteiger partial charge >= 0.3 is 6.03 Å². The first-order valence-corrected chi connectivity index (χ1v) is 9.57. The third kappa shape index (κ3) is 4.80. The molecule has 3 amide bonds. The molecule has 2 unspecified atom stereocenters. The summed E-state index contributed by atoms with van der Waals surface area (Å²) in [5.41, 5.74) is 2.04. The molecule has 1 aromatic heterocycles. The number of aromatic nitrogens is 1. The van der Waals surface area contributed by atoms with Crippen molar-refractivity contribution in [3.8, 4) is 0 Å². The van der Waals surface area contributed by atoms with Gasteiger partial charge in [0, 0.05) is 42.7 Å². The lowest BCUT2D eigenvalue weighted by atomic mass is 10.0. The zero-order chi connectivity index (χ0) is 19.2. The Hall–Kier alpha value is -2.54. The maximum Gasteiger partial charge on any atom is 0.315 e. The summed E-state index contributed by atoms with van der Waals surface area (Å²) in [6.07, 6.45) is 3.19. The molecular formula is C20H28N4O3. The van der Waals surface area contributed by atoms with Crippen molar-refractivity contribution < 1.29 is 14.3 Å². The van der Waals surface area contributed by atoms with E-state index in [0.29, 0.717) is 32.7 Å². The van der Waals surface area contributed by atoms with E-state index in [1.807, 2.05) is 44.3 Å². The number of hydrogen-bond donors (Lipinski definition) is 3. The molecule has 3 N–H and O–H groups in total. The number of carbonyl (C=O) groups is 2. The number of H-pyrrole nitrogens is 1. The first-order valence-electron chi connectivity index (χ1n) is 9.57. The lowest BCUT2D eigenvalue weighted by molar-refractivity contribution is -0.137. The van der Waals surface area contributed by atoms with E-state index in [9.17, 15) is 9.59 Å². The van der Waals surface area contributed by atoms with Gasteiger partial charge in [-0.05, 0) is 25.0 Å². The van der Waals surface area contributed by atoms with Crippen LogP contribution in [0.3, 0.4) is 0 Å². The van der Waals surface area contributed by atoms with E-state index in [1.165, 1.54) is 0 Å². The number of nitrogens with zero attached hydrogens (tertiary/aromatic N) is 1. The van der Waals surface area contributed by atoms with Crippen LogP contribution >= 0.6 is 0 Å². The Bertz CT molecular complexity index is 782. The van der Waals surface area contributed by atoms with Gasteiger partial charge in [-0.25, -0.2) is 4.79 Å². The van der Waals surface area contributed by atoms with Gasteiger partial charge in [-0.3, -0.25) is 4.79 Å². The molecule has 2 atom stereocenters. The van der Waals surface area contributed by atoms with Gasteiger partial charge in [-0.15, -0.1) is 0 Å².